The number of oxazole rings is 1. The molecule has 0 amide bonds. The van der Waals surface area contributed by atoms with Crippen molar-refractivity contribution in [2.45, 2.75) is 19.9 Å². The zero-order valence-electron chi connectivity index (χ0n) is 12.2. The van der Waals surface area contributed by atoms with Gasteiger partial charge < -0.3 is 9.52 Å². The maximum Gasteiger partial charge on any atom is 0.317 e. The molecule has 0 spiro atoms. The highest BCUT2D eigenvalue weighted by Gasteiger charge is 2.13. The number of hydrogen-bond donors (Lipinski definition) is 1. The van der Waals surface area contributed by atoms with Gasteiger partial charge in [0, 0.05) is 12.1 Å². The standard InChI is InChI=1S/C15H17FN2O3.ClH/c1-2-7-18(9-14(19)20)8-13-10-21-15(17-13)11-3-5-12(16)6-4-11;/h3-6,10H,2,7-9H2,1H3,(H,19,20);1H. The van der Waals surface area contributed by atoms with Gasteiger partial charge in [-0.05, 0) is 37.2 Å². The number of carboxylic acids is 1. The fourth-order valence-corrected chi connectivity index (χ4v) is 2.06. The molecule has 0 saturated heterocycles. The topological polar surface area (TPSA) is 66.6 Å². The number of halogens is 2. The zero-order chi connectivity index (χ0) is 15.2. The third kappa shape index (κ3) is 5.13. The second kappa shape index (κ2) is 8.51. The van der Waals surface area contributed by atoms with Gasteiger partial charge in [-0.3, -0.25) is 9.69 Å². The Bertz CT molecular complexity index is 601. The monoisotopic (exact) mass is 328 g/mol. The van der Waals surface area contributed by atoms with Gasteiger partial charge in [0.2, 0.25) is 5.89 Å². The summed E-state index contributed by atoms with van der Waals surface area (Å²) in [6.07, 6.45) is 2.36. The Morgan fingerprint density at radius 1 is 1.36 bits per heavy atom. The molecule has 1 aromatic heterocycles. The average Bonchev–Trinajstić information content (AvgIpc) is 2.87. The fraction of sp³-hybridized carbons (Fsp3) is 0.333. The lowest BCUT2D eigenvalue weighted by molar-refractivity contribution is -0.138. The van der Waals surface area contributed by atoms with Crippen LogP contribution in [0.15, 0.2) is 34.9 Å². The summed E-state index contributed by atoms with van der Waals surface area (Å²) in [6.45, 7) is 3.03. The Labute approximate surface area is 134 Å². The predicted octanol–water partition coefficient (Wildman–Crippen LogP) is 3.20. The molecule has 7 heteroatoms. The largest absolute Gasteiger partial charge is 0.480 e. The minimum atomic E-state index is -0.870. The van der Waals surface area contributed by atoms with E-state index < -0.39 is 5.97 Å². The maximum absolute atomic E-state index is 12.9. The molecule has 0 aliphatic carbocycles. The highest BCUT2D eigenvalue weighted by Crippen LogP contribution is 2.19. The molecule has 0 saturated carbocycles. The van der Waals surface area contributed by atoms with E-state index in [9.17, 15) is 9.18 Å². The van der Waals surface area contributed by atoms with Crippen molar-refractivity contribution in [1.82, 2.24) is 9.88 Å². The lowest BCUT2D eigenvalue weighted by Crippen LogP contribution is -2.30. The van der Waals surface area contributed by atoms with Gasteiger partial charge in [-0.2, -0.15) is 0 Å². The molecule has 120 valence electrons. The molecule has 1 heterocycles. The fourth-order valence-electron chi connectivity index (χ4n) is 2.06. The van der Waals surface area contributed by atoms with Crippen LogP contribution in [0.4, 0.5) is 4.39 Å². The molecule has 5 nitrogen and oxygen atoms in total. The zero-order valence-corrected chi connectivity index (χ0v) is 13.0. The van der Waals surface area contributed by atoms with Crippen molar-refractivity contribution in [2.24, 2.45) is 0 Å². The number of benzene rings is 1. The van der Waals surface area contributed by atoms with Crippen LogP contribution in [-0.4, -0.2) is 34.0 Å². The molecule has 0 bridgehead atoms. The Balaban J connectivity index is 0.00000242. The van der Waals surface area contributed by atoms with E-state index in [1.54, 1.807) is 17.0 Å². The highest BCUT2D eigenvalue weighted by atomic mass is 35.5. The minimum absolute atomic E-state index is 0. The lowest BCUT2D eigenvalue weighted by atomic mass is 10.2. The van der Waals surface area contributed by atoms with E-state index in [4.69, 9.17) is 9.52 Å². The lowest BCUT2D eigenvalue weighted by Gasteiger charge is -2.17. The van der Waals surface area contributed by atoms with Crippen LogP contribution in [0.1, 0.15) is 19.0 Å². The molecule has 0 fully saturated rings. The van der Waals surface area contributed by atoms with Crippen LogP contribution < -0.4 is 0 Å². The second-order valence-corrected chi connectivity index (χ2v) is 4.76. The number of nitrogens with zero attached hydrogens (tertiary/aromatic N) is 2. The molecule has 0 atom stereocenters. The Morgan fingerprint density at radius 3 is 2.64 bits per heavy atom. The summed E-state index contributed by atoms with van der Waals surface area (Å²) in [5.74, 6) is -0.788. The van der Waals surface area contributed by atoms with Crippen molar-refractivity contribution in [3.05, 3.63) is 42.0 Å². The first-order chi connectivity index (χ1) is 10.1. The number of carbonyl (C=O) groups is 1. The van der Waals surface area contributed by atoms with E-state index in [0.29, 0.717) is 30.2 Å². The molecule has 0 radical (unpaired) electrons. The number of hydrogen-bond acceptors (Lipinski definition) is 4. The van der Waals surface area contributed by atoms with E-state index in [1.807, 2.05) is 6.92 Å². The van der Waals surface area contributed by atoms with Crippen molar-refractivity contribution in [2.75, 3.05) is 13.1 Å². The molecule has 1 aromatic carbocycles. The van der Waals surface area contributed by atoms with E-state index in [-0.39, 0.29) is 24.8 Å². The molecule has 2 aromatic rings. The van der Waals surface area contributed by atoms with Gasteiger partial charge in [-0.1, -0.05) is 6.92 Å². The normalized spacial score (nSPS) is 10.5. The van der Waals surface area contributed by atoms with Gasteiger partial charge in [-0.25, -0.2) is 9.37 Å². The SMILES string of the molecule is CCCN(CC(=O)O)Cc1coc(-c2ccc(F)cc2)n1.Cl. The van der Waals surface area contributed by atoms with Crippen molar-refractivity contribution in [3.63, 3.8) is 0 Å². The summed E-state index contributed by atoms with van der Waals surface area (Å²) in [5, 5.41) is 8.88. The van der Waals surface area contributed by atoms with Crippen LogP contribution in [0.3, 0.4) is 0 Å². The van der Waals surface area contributed by atoms with Crippen LogP contribution in [0, 0.1) is 5.82 Å². The summed E-state index contributed by atoms with van der Waals surface area (Å²) < 4.78 is 18.2. The average molecular weight is 329 g/mol. The van der Waals surface area contributed by atoms with Crippen LogP contribution in [0.5, 0.6) is 0 Å². The first-order valence-electron chi connectivity index (χ1n) is 6.73. The van der Waals surface area contributed by atoms with Gasteiger partial charge in [0.25, 0.3) is 0 Å². The third-order valence-corrected chi connectivity index (χ3v) is 2.93. The quantitative estimate of drug-likeness (QED) is 0.845. The number of aromatic nitrogens is 1. The molecule has 0 unspecified atom stereocenters. The molecular formula is C15H18ClFN2O3. The van der Waals surface area contributed by atoms with Crippen LogP contribution in [-0.2, 0) is 11.3 Å². The molecule has 0 aliphatic rings. The van der Waals surface area contributed by atoms with Crippen molar-refractivity contribution >= 4 is 18.4 Å². The molecular weight excluding hydrogens is 311 g/mol. The van der Waals surface area contributed by atoms with Gasteiger partial charge in [0.15, 0.2) is 0 Å². The number of rotatable bonds is 7. The molecule has 1 N–H and O–H groups in total. The van der Waals surface area contributed by atoms with Gasteiger partial charge >= 0.3 is 5.97 Å². The highest BCUT2D eigenvalue weighted by molar-refractivity contribution is 5.85. The Morgan fingerprint density at radius 2 is 2.05 bits per heavy atom. The minimum Gasteiger partial charge on any atom is -0.480 e. The van der Waals surface area contributed by atoms with Crippen molar-refractivity contribution in [1.29, 1.82) is 0 Å². The van der Waals surface area contributed by atoms with Gasteiger partial charge in [0.05, 0.1) is 12.2 Å². The smallest absolute Gasteiger partial charge is 0.317 e. The maximum atomic E-state index is 12.9. The Hall–Kier alpha value is -1.92. The second-order valence-electron chi connectivity index (χ2n) is 4.76. The van der Waals surface area contributed by atoms with E-state index >= 15 is 0 Å². The molecule has 22 heavy (non-hydrogen) atoms. The Kier molecular flexibility index (Phi) is 7.01. The van der Waals surface area contributed by atoms with Gasteiger partial charge in [-0.15, -0.1) is 12.4 Å². The van der Waals surface area contributed by atoms with Crippen LogP contribution in [0.25, 0.3) is 11.5 Å². The van der Waals surface area contributed by atoms with Crippen molar-refractivity contribution in [3.8, 4) is 11.5 Å². The molecule has 2 rings (SSSR count). The van der Waals surface area contributed by atoms with E-state index in [1.165, 1.54) is 18.4 Å². The van der Waals surface area contributed by atoms with Crippen molar-refractivity contribution < 1.29 is 18.7 Å². The number of carboxylic acid groups (broad SMARTS) is 1. The third-order valence-electron chi connectivity index (χ3n) is 2.93. The summed E-state index contributed by atoms with van der Waals surface area (Å²) >= 11 is 0. The predicted molar refractivity (Wildman–Crippen MR) is 82.3 cm³/mol. The summed E-state index contributed by atoms with van der Waals surface area (Å²) in [4.78, 5) is 16.9. The summed E-state index contributed by atoms with van der Waals surface area (Å²) in [6, 6.07) is 5.86. The van der Waals surface area contributed by atoms with Gasteiger partial charge in [0.1, 0.15) is 12.1 Å². The summed E-state index contributed by atoms with van der Waals surface area (Å²) in [5.41, 5.74) is 1.34. The van der Waals surface area contributed by atoms with E-state index in [2.05, 4.69) is 4.98 Å². The van der Waals surface area contributed by atoms with Crippen LogP contribution >= 0.6 is 12.4 Å². The molecule has 0 aliphatic heterocycles. The first-order valence-corrected chi connectivity index (χ1v) is 6.73. The first kappa shape index (κ1) is 18.1. The number of aliphatic carboxylic acids is 1. The van der Waals surface area contributed by atoms with Crippen LogP contribution in [0.2, 0.25) is 0 Å². The van der Waals surface area contributed by atoms with E-state index in [0.717, 1.165) is 6.42 Å². The summed E-state index contributed by atoms with van der Waals surface area (Å²) in [7, 11) is 0.